The zero-order valence-electron chi connectivity index (χ0n) is 18.3. The van der Waals surface area contributed by atoms with Crippen LogP contribution in [0.5, 0.6) is 0 Å². The number of carbonyl (C=O) groups is 3. The standard InChI is InChI=1S/C22H28N6O4/c1-12-8-9-14-18(17(12)20(30)23-3)22(32)28(13(2)10-29)19(14)21(31)24-11-27-16-7-5-4-6-15(16)25-26-27/h4-9,12-14,17-19,29H,10-11H2,1-3H3,(H,23,30)(H,24,31)/t12-,13-,14+,17-,18-,19+/m1/s1. The first kappa shape index (κ1) is 21.9. The maximum Gasteiger partial charge on any atom is 0.244 e. The zero-order chi connectivity index (χ0) is 23.0. The molecule has 10 nitrogen and oxygen atoms in total. The van der Waals surface area contributed by atoms with Crippen molar-refractivity contribution in [3.8, 4) is 0 Å². The van der Waals surface area contributed by atoms with Crippen molar-refractivity contribution in [2.75, 3.05) is 13.7 Å². The number of rotatable bonds is 6. The molecule has 170 valence electrons. The predicted molar refractivity (Wildman–Crippen MR) is 116 cm³/mol. The summed E-state index contributed by atoms with van der Waals surface area (Å²) in [6.45, 7) is 3.39. The van der Waals surface area contributed by atoms with Crippen molar-refractivity contribution in [1.29, 1.82) is 0 Å². The lowest BCUT2D eigenvalue weighted by Gasteiger charge is -2.32. The number of aliphatic hydroxyl groups excluding tert-OH is 1. The highest BCUT2D eigenvalue weighted by Crippen LogP contribution is 2.44. The summed E-state index contributed by atoms with van der Waals surface area (Å²) in [5.41, 5.74) is 1.49. The van der Waals surface area contributed by atoms with Crippen LogP contribution in [0, 0.1) is 23.7 Å². The molecule has 6 atom stereocenters. The first-order valence-electron chi connectivity index (χ1n) is 10.8. The van der Waals surface area contributed by atoms with Crippen LogP contribution in [0.4, 0.5) is 0 Å². The zero-order valence-corrected chi connectivity index (χ0v) is 18.3. The van der Waals surface area contributed by atoms with Gasteiger partial charge in [0.25, 0.3) is 0 Å². The maximum absolute atomic E-state index is 13.4. The number of amides is 3. The second-order valence-electron chi connectivity index (χ2n) is 8.49. The fourth-order valence-corrected chi connectivity index (χ4v) is 4.96. The second-order valence-corrected chi connectivity index (χ2v) is 8.49. The maximum atomic E-state index is 13.4. The number of likely N-dealkylation sites (tertiary alicyclic amines) is 1. The SMILES string of the molecule is CNC(=O)[C@H]1[C@@H]2C(=O)N([C@H](C)CO)[C@H](C(=O)NCn3nnc4ccccc43)[C@H]2C=C[C@H]1C. The average molecular weight is 441 g/mol. The Morgan fingerprint density at radius 3 is 2.69 bits per heavy atom. The fraction of sp³-hybridized carbons (Fsp3) is 0.500. The van der Waals surface area contributed by atoms with Gasteiger partial charge in [-0.3, -0.25) is 14.4 Å². The molecule has 2 aliphatic rings. The number of nitrogens with zero attached hydrogens (tertiary/aromatic N) is 4. The van der Waals surface area contributed by atoms with Crippen LogP contribution in [-0.2, 0) is 21.1 Å². The van der Waals surface area contributed by atoms with Crippen LogP contribution in [0.25, 0.3) is 11.0 Å². The number of aliphatic hydroxyl groups is 1. The third-order valence-electron chi connectivity index (χ3n) is 6.59. The lowest BCUT2D eigenvalue weighted by atomic mass is 9.70. The number of benzene rings is 1. The molecule has 10 heteroatoms. The first-order chi connectivity index (χ1) is 15.4. The molecule has 4 rings (SSSR count). The number of carbonyl (C=O) groups excluding carboxylic acids is 3. The molecule has 1 aromatic heterocycles. The van der Waals surface area contributed by atoms with Crippen LogP contribution < -0.4 is 10.6 Å². The highest BCUT2D eigenvalue weighted by Gasteiger charge is 2.57. The molecule has 1 fully saturated rings. The van der Waals surface area contributed by atoms with Gasteiger partial charge in [-0.2, -0.15) is 0 Å². The molecule has 2 heterocycles. The first-order valence-corrected chi connectivity index (χ1v) is 10.8. The molecule has 0 unspecified atom stereocenters. The summed E-state index contributed by atoms with van der Waals surface area (Å²) in [6.07, 6.45) is 3.76. The van der Waals surface area contributed by atoms with E-state index in [2.05, 4.69) is 20.9 Å². The molecule has 0 radical (unpaired) electrons. The fourth-order valence-electron chi connectivity index (χ4n) is 4.96. The quantitative estimate of drug-likeness (QED) is 0.538. The van der Waals surface area contributed by atoms with Crippen LogP contribution >= 0.6 is 0 Å². The van der Waals surface area contributed by atoms with E-state index in [-0.39, 0.29) is 36.9 Å². The monoisotopic (exact) mass is 440 g/mol. The van der Waals surface area contributed by atoms with Gasteiger partial charge in [-0.05, 0) is 25.0 Å². The van der Waals surface area contributed by atoms with Crippen molar-refractivity contribution in [1.82, 2.24) is 30.5 Å². The Morgan fingerprint density at radius 2 is 1.97 bits per heavy atom. The van der Waals surface area contributed by atoms with Gasteiger partial charge in [-0.1, -0.05) is 36.4 Å². The van der Waals surface area contributed by atoms with Crippen LogP contribution in [0.3, 0.4) is 0 Å². The van der Waals surface area contributed by atoms with E-state index in [0.29, 0.717) is 5.52 Å². The van der Waals surface area contributed by atoms with E-state index in [0.717, 1.165) is 5.52 Å². The highest BCUT2D eigenvalue weighted by molar-refractivity contribution is 5.97. The van der Waals surface area contributed by atoms with Gasteiger partial charge in [0.1, 0.15) is 18.2 Å². The summed E-state index contributed by atoms with van der Waals surface area (Å²) in [5.74, 6) is -2.72. The molecule has 0 saturated carbocycles. The van der Waals surface area contributed by atoms with Gasteiger partial charge in [0.05, 0.1) is 30.0 Å². The molecule has 0 spiro atoms. The Hall–Kier alpha value is -3.27. The molecule has 3 amide bonds. The lowest BCUT2D eigenvalue weighted by Crippen LogP contribution is -2.51. The van der Waals surface area contributed by atoms with Gasteiger partial charge in [-0.15, -0.1) is 5.10 Å². The molecule has 1 aliphatic heterocycles. The van der Waals surface area contributed by atoms with Crippen LogP contribution in [0.2, 0.25) is 0 Å². The van der Waals surface area contributed by atoms with E-state index < -0.39 is 29.8 Å². The van der Waals surface area contributed by atoms with E-state index in [9.17, 15) is 19.5 Å². The van der Waals surface area contributed by atoms with E-state index in [4.69, 9.17) is 0 Å². The molecule has 1 saturated heterocycles. The number of fused-ring (bicyclic) bond motifs is 2. The van der Waals surface area contributed by atoms with Crippen molar-refractivity contribution in [3.63, 3.8) is 0 Å². The Labute approximate surface area is 185 Å². The van der Waals surface area contributed by atoms with Gasteiger partial charge >= 0.3 is 0 Å². The number of nitrogens with one attached hydrogen (secondary N) is 2. The van der Waals surface area contributed by atoms with E-state index in [1.807, 2.05) is 43.3 Å². The number of allylic oxidation sites excluding steroid dienone is 1. The second kappa shape index (κ2) is 8.70. The molecule has 2 aromatic rings. The average Bonchev–Trinajstić information content (AvgIpc) is 3.35. The van der Waals surface area contributed by atoms with Crippen LogP contribution in [0.1, 0.15) is 13.8 Å². The Morgan fingerprint density at radius 1 is 1.22 bits per heavy atom. The summed E-state index contributed by atoms with van der Waals surface area (Å²) in [4.78, 5) is 40.8. The summed E-state index contributed by atoms with van der Waals surface area (Å²) >= 11 is 0. The predicted octanol–water partition coefficient (Wildman–Crippen LogP) is -0.103. The van der Waals surface area contributed by atoms with Gasteiger partial charge < -0.3 is 20.6 Å². The Bertz CT molecular complexity index is 1070. The minimum Gasteiger partial charge on any atom is -0.394 e. The van der Waals surface area contributed by atoms with Gasteiger partial charge in [0.2, 0.25) is 17.7 Å². The van der Waals surface area contributed by atoms with E-state index in [1.165, 1.54) is 4.90 Å². The van der Waals surface area contributed by atoms with Crippen LogP contribution in [-0.4, -0.2) is 68.5 Å². The number of para-hydroxylation sites is 1. The summed E-state index contributed by atoms with van der Waals surface area (Å²) in [6, 6.07) is 6.01. The Kier molecular flexibility index (Phi) is 5.96. The lowest BCUT2D eigenvalue weighted by molar-refractivity contribution is -0.143. The summed E-state index contributed by atoms with van der Waals surface area (Å²) < 4.78 is 1.58. The highest BCUT2D eigenvalue weighted by atomic mass is 16.3. The topological polar surface area (TPSA) is 129 Å². The smallest absolute Gasteiger partial charge is 0.244 e. The Balaban J connectivity index is 1.62. The van der Waals surface area contributed by atoms with Crippen molar-refractivity contribution in [3.05, 3.63) is 36.4 Å². The largest absolute Gasteiger partial charge is 0.394 e. The van der Waals surface area contributed by atoms with Crippen molar-refractivity contribution < 1.29 is 19.5 Å². The van der Waals surface area contributed by atoms with Crippen molar-refractivity contribution in [2.45, 2.75) is 32.6 Å². The van der Waals surface area contributed by atoms with Crippen molar-refractivity contribution in [2.24, 2.45) is 23.7 Å². The van der Waals surface area contributed by atoms with Gasteiger partial charge in [-0.25, -0.2) is 4.68 Å². The van der Waals surface area contributed by atoms with E-state index in [1.54, 1.807) is 18.7 Å². The number of aromatic nitrogens is 3. The molecular formula is C22H28N6O4. The molecule has 3 N–H and O–H groups in total. The molecule has 1 aromatic carbocycles. The minimum absolute atomic E-state index is 0.0851. The summed E-state index contributed by atoms with van der Waals surface area (Å²) in [7, 11) is 1.54. The number of hydrogen-bond donors (Lipinski definition) is 3. The molecule has 0 bridgehead atoms. The third-order valence-corrected chi connectivity index (χ3v) is 6.59. The normalized spacial score (nSPS) is 27.9. The minimum atomic E-state index is -0.833. The van der Waals surface area contributed by atoms with Crippen LogP contribution in [0.15, 0.2) is 36.4 Å². The summed E-state index contributed by atoms with van der Waals surface area (Å²) in [5, 5.41) is 23.4. The van der Waals surface area contributed by atoms with E-state index >= 15 is 0 Å². The van der Waals surface area contributed by atoms with Gasteiger partial charge in [0, 0.05) is 13.0 Å². The molecule has 32 heavy (non-hydrogen) atoms. The molecular weight excluding hydrogens is 412 g/mol. The number of hydrogen-bond acceptors (Lipinski definition) is 6. The van der Waals surface area contributed by atoms with Gasteiger partial charge in [0.15, 0.2) is 0 Å². The third kappa shape index (κ3) is 3.54. The molecule has 1 aliphatic carbocycles. The van der Waals surface area contributed by atoms with Crippen molar-refractivity contribution >= 4 is 28.8 Å².